The molecule has 46 heavy (non-hydrogen) atoms. The summed E-state index contributed by atoms with van der Waals surface area (Å²) in [5.41, 5.74) is 11.5. The molecule has 1 fully saturated rings. The normalized spacial score (nSPS) is 21.8. The fourth-order valence-corrected chi connectivity index (χ4v) is 4.84. The van der Waals surface area contributed by atoms with Gasteiger partial charge in [0, 0.05) is 13.0 Å². The first-order valence-electron chi connectivity index (χ1n) is 15.4. The Morgan fingerprint density at radius 1 is 0.804 bits per heavy atom. The van der Waals surface area contributed by atoms with Crippen LogP contribution in [0.3, 0.4) is 0 Å². The Kier molecular flexibility index (Phi) is 14.9. The Labute approximate surface area is 269 Å². The van der Waals surface area contributed by atoms with Gasteiger partial charge in [-0.1, -0.05) is 63.9 Å². The van der Waals surface area contributed by atoms with Crippen molar-refractivity contribution in [2.45, 2.75) is 96.3 Å². The lowest BCUT2D eigenvalue weighted by atomic mass is 9.89. The van der Waals surface area contributed by atoms with E-state index in [0.29, 0.717) is 18.4 Å². The van der Waals surface area contributed by atoms with Crippen molar-refractivity contribution < 1.29 is 33.9 Å². The zero-order valence-electron chi connectivity index (χ0n) is 26.8. The average molecular weight is 645 g/mol. The van der Waals surface area contributed by atoms with Crippen molar-refractivity contribution in [3.63, 3.8) is 0 Å². The van der Waals surface area contributed by atoms with E-state index in [-0.39, 0.29) is 37.2 Å². The average Bonchev–Trinajstić information content (AvgIpc) is 2.97. The van der Waals surface area contributed by atoms with Crippen LogP contribution in [0, 0.1) is 5.41 Å². The van der Waals surface area contributed by atoms with Gasteiger partial charge in [-0.15, -0.1) is 0 Å². The Morgan fingerprint density at radius 2 is 1.37 bits per heavy atom. The van der Waals surface area contributed by atoms with Crippen molar-refractivity contribution in [2.75, 3.05) is 13.1 Å². The molecule has 2 rings (SSSR count). The van der Waals surface area contributed by atoms with E-state index in [0.717, 1.165) is 12.8 Å². The third-order valence-electron chi connectivity index (χ3n) is 7.25. The fourth-order valence-electron chi connectivity index (χ4n) is 4.84. The number of rotatable bonds is 12. The topological polar surface area (TPSA) is 247 Å². The van der Waals surface area contributed by atoms with Gasteiger partial charge in [0.15, 0.2) is 5.96 Å². The number of unbranched alkanes of at least 4 members (excludes halogenated alkanes) is 1. The number of hydrogen-bond acceptors (Lipinski definition) is 7. The number of carbonyl (C=O) groups is 6. The third kappa shape index (κ3) is 14.4. The van der Waals surface area contributed by atoms with E-state index in [1.54, 1.807) is 30.3 Å². The van der Waals surface area contributed by atoms with Crippen LogP contribution < -0.4 is 38.1 Å². The summed E-state index contributed by atoms with van der Waals surface area (Å²) in [6.45, 7) is 5.90. The zero-order valence-corrected chi connectivity index (χ0v) is 26.8. The Balaban J connectivity index is 2.45. The molecular formula is C31H48N8O7. The van der Waals surface area contributed by atoms with Crippen molar-refractivity contribution >= 4 is 41.5 Å². The Bertz CT molecular complexity index is 1250. The first-order chi connectivity index (χ1) is 21.6. The molecule has 5 amide bonds. The molecule has 1 aromatic rings. The highest BCUT2D eigenvalue weighted by molar-refractivity contribution is 5.98. The molecular weight excluding hydrogens is 596 g/mol. The lowest BCUT2D eigenvalue weighted by molar-refractivity contribution is -0.141. The number of carboxylic acids is 1. The largest absolute Gasteiger partial charge is 0.481 e. The van der Waals surface area contributed by atoms with Crippen molar-refractivity contribution in [1.29, 1.82) is 0 Å². The van der Waals surface area contributed by atoms with E-state index in [2.05, 4.69) is 52.3 Å². The highest BCUT2D eigenvalue weighted by Crippen LogP contribution is 2.22. The number of nitrogens with one attached hydrogen (secondary N) is 5. The molecule has 0 bridgehead atoms. The number of carbonyl (C=O) groups excluding carboxylic acids is 5. The number of aliphatic imine (C=N–C) groups is 1. The van der Waals surface area contributed by atoms with Gasteiger partial charge in [0.25, 0.3) is 0 Å². The number of nitrogens with zero attached hydrogens (tertiary/aromatic N) is 1. The van der Waals surface area contributed by atoms with Crippen LogP contribution in [-0.4, -0.2) is 83.8 Å². The quantitative estimate of drug-likeness (QED) is 0.0823. The summed E-state index contributed by atoms with van der Waals surface area (Å²) in [5.74, 6) is -5.22. The summed E-state index contributed by atoms with van der Waals surface area (Å²) in [6.07, 6.45) is 2.18. The van der Waals surface area contributed by atoms with Crippen LogP contribution in [-0.2, 0) is 35.2 Å². The molecule has 10 N–H and O–H groups in total. The molecule has 15 heteroatoms. The van der Waals surface area contributed by atoms with Crippen molar-refractivity contribution in [1.82, 2.24) is 26.6 Å². The number of hydrogen-bond donors (Lipinski definition) is 8. The molecule has 1 aliphatic rings. The summed E-state index contributed by atoms with van der Waals surface area (Å²) in [6, 6.07) is 3.90. The molecule has 0 aliphatic carbocycles. The van der Waals surface area contributed by atoms with Gasteiger partial charge in [-0.05, 0) is 36.7 Å². The molecule has 1 saturated heterocycles. The summed E-state index contributed by atoms with van der Waals surface area (Å²) >= 11 is 0. The Morgan fingerprint density at radius 3 is 1.98 bits per heavy atom. The smallest absolute Gasteiger partial charge is 0.305 e. The minimum absolute atomic E-state index is 0.0258. The molecule has 4 unspecified atom stereocenters. The van der Waals surface area contributed by atoms with E-state index < -0.39 is 72.6 Å². The van der Waals surface area contributed by atoms with Crippen LogP contribution in [0.5, 0.6) is 0 Å². The first kappa shape index (κ1) is 37.5. The molecule has 1 heterocycles. The second-order valence-electron chi connectivity index (χ2n) is 12.6. The van der Waals surface area contributed by atoms with E-state index in [1.807, 2.05) is 0 Å². The SMILES string of the molecule is CC(C)(C)CCCCC1NC(=O)C(Cc2ccccc2)NC(=O)C(CC(=O)O)NC(=O)CNC(=O)C(CCCN=C(N)N)NC1=O. The van der Waals surface area contributed by atoms with Crippen LogP contribution in [0.1, 0.15) is 71.3 Å². The Hall–Kier alpha value is -4.69. The van der Waals surface area contributed by atoms with Gasteiger partial charge in [-0.2, -0.15) is 0 Å². The van der Waals surface area contributed by atoms with Crippen LogP contribution in [0.15, 0.2) is 35.3 Å². The van der Waals surface area contributed by atoms with Crippen LogP contribution in [0.25, 0.3) is 0 Å². The molecule has 0 saturated carbocycles. The van der Waals surface area contributed by atoms with Gasteiger partial charge >= 0.3 is 5.97 Å². The molecule has 0 spiro atoms. The lowest BCUT2D eigenvalue weighted by Gasteiger charge is -2.26. The van der Waals surface area contributed by atoms with E-state index in [9.17, 15) is 33.9 Å². The van der Waals surface area contributed by atoms with Crippen molar-refractivity contribution in [3.8, 4) is 0 Å². The maximum atomic E-state index is 13.7. The molecule has 4 atom stereocenters. The lowest BCUT2D eigenvalue weighted by Crippen LogP contribution is -2.58. The molecule has 15 nitrogen and oxygen atoms in total. The second kappa shape index (κ2) is 18.3. The monoisotopic (exact) mass is 644 g/mol. The van der Waals surface area contributed by atoms with Gasteiger partial charge in [-0.25, -0.2) is 0 Å². The third-order valence-corrected chi connectivity index (χ3v) is 7.25. The first-order valence-corrected chi connectivity index (χ1v) is 15.4. The molecule has 1 aromatic carbocycles. The maximum Gasteiger partial charge on any atom is 0.305 e. The van der Waals surface area contributed by atoms with E-state index in [4.69, 9.17) is 11.5 Å². The molecule has 254 valence electrons. The predicted molar refractivity (Wildman–Crippen MR) is 171 cm³/mol. The second-order valence-corrected chi connectivity index (χ2v) is 12.6. The minimum Gasteiger partial charge on any atom is -0.481 e. The van der Waals surface area contributed by atoms with E-state index in [1.165, 1.54) is 0 Å². The summed E-state index contributed by atoms with van der Waals surface area (Å²) < 4.78 is 0. The zero-order chi connectivity index (χ0) is 34.3. The molecule has 0 aromatic heterocycles. The number of aliphatic carboxylic acids is 1. The summed E-state index contributed by atoms with van der Waals surface area (Å²) in [5, 5.41) is 22.2. The number of guanidine groups is 1. The van der Waals surface area contributed by atoms with Gasteiger partial charge in [0.2, 0.25) is 29.5 Å². The minimum atomic E-state index is -1.54. The number of amides is 5. The van der Waals surface area contributed by atoms with Gasteiger partial charge in [0.05, 0.1) is 13.0 Å². The maximum absolute atomic E-state index is 13.7. The molecule has 1 aliphatic heterocycles. The van der Waals surface area contributed by atoms with Gasteiger partial charge in [0.1, 0.15) is 24.2 Å². The fraction of sp³-hybridized carbons (Fsp3) is 0.581. The highest BCUT2D eigenvalue weighted by Gasteiger charge is 2.33. The predicted octanol–water partition coefficient (Wildman–Crippen LogP) is -0.567. The standard InChI is InChI=1S/C31H48N8O7/c1-31(2,3)14-8-7-12-21-27(44)37-20(13-9-15-34-30(32)33)26(43)35-18-24(40)36-23(17-25(41)42)29(46)39-22(28(45)38-21)16-19-10-5-4-6-11-19/h4-6,10-11,20-23H,7-9,12-18H2,1-3H3,(H,35,43)(H,36,40)(H,37,44)(H,38,45)(H,39,46)(H,41,42)(H4,32,33,34). The van der Waals surface area contributed by atoms with Crippen LogP contribution >= 0.6 is 0 Å². The number of nitrogens with two attached hydrogens (primary N) is 2. The van der Waals surface area contributed by atoms with Crippen molar-refractivity contribution in [2.24, 2.45) is 21.9 Å². The molecule has 0 radical (unpaired) electrons. The van der Waals surface area contributed by atoms with Crippen LogP contribution in [0.4, 0.5) is 0 Å². The van der Waals surface area contributed by atoms with Crippen LogP contribution in [0.2, 0.25) is 0 Å². The number of carboxylic acid groups (broad SMARTS) is 1. The summed E-state index contributed by atoms with van der Waals surface area (Å²) in [4.78, 5) is 82.0. The summed E-state index contributed by atoms with van der Waals surface area (Å²) in [7, 11) is 0. The van der Waals surface area contributed by atoms with Crippen molar-refractivity contribution in [3.05, 3.63) is 35.9 Å². The van der Waals surface area contributed by atoms with Gasteiger partial charge < -0.3 is 43.2 Å². The van der Waals surface area contributed by atoms with E-state index >= 15 is 0 Å². The van der Waals surface area contributed by atoms with Gasteiger partial charge in [-0.3, -0.25) is 33.8 Å². The highest BCUT2D eigenvalue weighted by atomic mass is 16.4. The number of benzene rings is 1.